The number of benzene rings is 2. The maximum atomic E-state index is 12.4. The molecule has 3 nitrogen and oxygen atoms in total. The summed E-state index contributed by atoms with van der Waals surface area (Å²) < 4.78 is 0. The van der Waals surface area contributed by atoms with Gasteiger partial charge in [0.15, 0.2) is 0 Å². The van der Waals surface area contributed by atoms with Gasteiger partial charge in [-0.1, -0.05) is 23.7 Å². The van der Waals surface area contributed by atoms with E-state index < -0.39 is 0 Å². The SMILES string of the molecule is CC(Sc1ccc(Cl)cc1)C(=O)Nc1ccccc1SCCC#N. The summed E-state index contributed by atoms with van der Waals surface area (Å²) in [6.07, 6.45) is 0.482. The normalized spacial score (nSPS) is 11.5. The summed E-state index contributed by atoms with van der Waals surface area (Å²) >= 11 is 8.94. The van der Waals surface area contributed by atoms with E-state index >= 15 is 0 Å². The summed E-state index contributed by atoms with van der Waals surface area (Å²) in [5.74, 6) is 0.654. The van der Waals surface area contributed by atoms with Crippen LogP contribution in [0.15, 0.2) is 58.3 Å². The second-order valence-electron chi connectivity index (χ2n) is 4.96. The fraction of sp³-hybridized carbons (Fsp3) is 0.222. The van der Waals surface area contributed by atoms with E-state index in [0.717, 1.165) is 15.5 Å². The quantitative estimate of drug-likeness (QED) is 0.514. The molecule has 0 spiro atoms. The van der Waals surface area contributed by atoms with Gasteiger partial charge in [-0.3, -0.25) is 4.79 Å². The molecule has 0 saturated carbocycles. The van der Waals surface area contributed by atoms with Crippen LogP contribution in [-0.2, 0) is 4.79 Å². The molecule has 1 amide bonds. The smallest absolute Gasteiger partial charge is 0.237 e. The van der Waals surface area contributed by atoms with E-state index in [2.05, 4.69) is 11.4 Å². The molecule has 0 aliphatic rings. The number of anilines is 1. The van der Waals surface area contributed by atoms with Crippen LogP contribution in [0.4, 0.5) is 5.69 Å². The number of carbonyl (C=O) groups is 1. The number of rotatable bonds is 7. The minimum Gasteiger partial charge on any atom is -0.324 e. The van der Waals surface area contributed by atoms with Crippen LogP contribution in [0.1, 0.15) is 13.3 Å². The van der Waals surface area contributed by atoms with E-state index in [9.17, 15) is 4.79 Å². The summed E-state index contributed by atoms with van der Waals surface area (Å²) in [6, 6.07) is 17.2. The first-order chi connectivity index (χ1) is 11.6. The lowest BCUT2D eigenvalue weighted by molar-refractivity contribution is -0.115. The van der Waals surface area contributed by atoms with Crippen molar-refractivity contribution >= 4 is 46.7 Å². The molecule has 1 N–H and O–H groups in total. The Morgan fingerprint density at radius 1 is 1.25 bits per heavy atom. The van der Waals surface area contributed by atoms with Gasteiger partial charge < -0.3 is 5.32 Å². The lowest BCUT2D eigenvalue weighted by Gasteiger charge is -2.14. The van der Waals surface area contributed by atoms with E-state index in [1.165, 1.54) is 11.8 Å². The van der Waals surface area contributed by atoms with Gasteiger partial charge in [0, 0.05) is 27.0 Å². The zero-order chi connectivity index (χ0) is 17.4. The molecular formula is C18H17ClN2OS2. The number of carbonyl (C=O) groups excluding carboxylic acids is 1. The molecule has 0 aliphatic carbocycles. The van der Waals surface area contributed by atoms with Gasteiger partial charge in [-0.05, 0) is 43.3 Å². The number of nitrogens with one attached hydrogen (secondary N) is 1. The van der Waals surface area contributed by atoms with Gasteiger partial charge in [0.05, 0.1) is 17.0 Å². The van der Waals surface area contributed by atoms with Crippen molar-refractivity contribution in [3.05, 3.63) is 53.6 Å². The van der Waals surface area contributed by atoms with Crippen molar-refractivity contribution in [3.63, 3.8) is 0 Å². The molecule has 1 unspecified atom stereocenters. The Hall–Kier alpha value is -1.61. The summed E-state index contributed by atoms with van der Waals surface area (Å²) in [5.41, 5.74) is 0.786. The number of amides is 1. The number of nitriles is 1. The van der Waals surface area contributed by atoms with E-state index in [4.69, 9.17) is 16.9 Å². The third-order valence-corrected chi connectivity index (χ3v) is 5.55. The van der Waals surface area contributed by atoms with Crippen molar-refractivity contribution in [2.24, 2.45) is 0 Å². The molecule has 1 atom stereocenters. The highest BCUT2D eigenvalue weighted by molar-refractivity contribution is 8.00. The van der Waals surface area contributed by atoms with Crippen LogP contribution in [0, 0.1) is 11.3 Å². The highest BCUT2D eigenvalue weighted by Gasteiger charge is 2.16. The molecular weight excluding hydrogens is 360 g/mol. The van der Waals surface area contributed by atoms with Gasteiger partial charge in [-0.2, -0.15) is 5.26 Å². The molecule has 124 valence electrons. The van der Waals surface area contributed by atoms with E-state index in [0.29, 0.717) is 17.2 Å². The van der Waals surface area contributed by atoms with E-state index in [-0.39, 0.29) is 11.2 Å². The second kappa shape index (κ2) is 9.63. The zero-order valence-corrected chi connectivity index (χ0v) is 15.5. The maximum absolute atomic E-state index is 12.4. The molecule has 2 aromatic rings. The van der Waals surface area contributed by atoms with Crippen LogP contribution < -0.4 is 5.32 Å². The Labute approximate surface area is 155 Å². The Bertz CT molecular complexity index is 729. The van der Waals surface area contributed by atoms with Gasteiger partial charge in [0.2, 0.25) is 5.91 Å². The third-order valence-electron chi connectivity index (χ3n) is 3.11. The lowest BCUT2D eigenvalue weighted by atomic mass is 10.3. The highest BCUT2D eigenvalue weighted by atomic mass is 35.5. The Kier molecular flexibility index (Phi) is 7.51. The minimum atomic E-state index is -0.233. The van der Waals surface area contributed by atoms with Crippen molar-refractivity contribution in [1.82, 2.24) is 0 Å². The first-order valence-corrected chi connectivity index (χ1v) is 9.66. The molecule has 6 heteroatoms. The van der Waals surface area contributed by atoms with Gasteiger partial charge in [-0.25, -0.2) is 0 Å². The number of hydrogen-bond acceptors (Lipinski definition) is 4. The predicted molar refractivity (Wildman–Crippen MR) is 103 cm³/mol. The van der Waals surface area contributed by atoms with Crippen molar-refractivity contribution in [2.75, 3.05) is 11.1 Å². The van der Waals surface area contributed by atoms with E-state index in [1.807, 2.05) is 55.5 Å². The summed E-state index contributed by atoms with van der Waals surface area (Å²) in [5, 5.41) is 12.1. The van der Waals surface area contributed by atoms with Gasteiger partial charge in [0.25, 0.3) is 0 Å². The fourth-order valence-electron chi connectivity index (χ4n) is 1.91. The highest BCUT2D eigenvalue weighted by Crippen LogP contribution is 2.29. The van der Waals surface area contributed by atoms with Crippen LogP contribution in [-0.4, -0.2) is 16.9 Å². The molecule has 2 rings (SSSR count). The molecule has 0 aromatic heterocycles. The second-order valence-corrected chi connectivity index (χ2v) is 7.94. The molecule has 24 heavy (non-hydrogen) atoms. The number of nitrogens with zero attached hydrogens (tertiary/aromatic N) is 1. The average Bonchev–Trinajstić information content (AvgIpc) is 2.58. The lowest BCUT2D eigenvalue weighted by Crippen LogP contribution is -2.22. The van der Waals surface area contributed by atoms with Crippen molar-refractivity contribution in [2.45, 2.75) is 28.4 Å². The Morgan fingerprint density at radius 2 is 1.96 bits per heavy atom. The molecule has 0 radical (unpaired) electrons. The minimum absolute atomic E-state index is 0.0525. The zero-order valence-electron chi connectivity index (χ0n) is 13.2. The fourth-order valence-corrected chi connectivity index (χ4v) is 3.76. The summed E-state index contributed by atoms with van der Waals surface area (Å²) in [4.78, 5) is 14.4. The molecule has 0 bridgehead atoms. The summed E-state index contributed by atoms with van der Waals surface area (Å²) in [6.45, 7) is 1.88. The number of hydrogen-bond donors (Lipinski definition) is 1. The number of thioether (sulfide) groups is 2. The number of halogens is 1. The Morgan fingerprint density at radius 3 is 2.67 bits per heavy atom. The third kappa shape index (κ3) is 5.79. The first kappa shape index (κ1) is 18.7. The average molecular weight is 377 g/mol. The maximum Gasteiger partial charge on any atom is 0.237 e. The van der Waals surface area contributed by atoms with Crippen LogP contribution in [0.3, 0.4) is 0 Å². The molecule has 0 heterocycles. The van der Waals surface area contributed by atoms with Gasteiger partial charge in [-0.15, -0.1) is 23.5 Å². The van der Waals surface area contributed by atoms with Crippen molar-refractivity contribution in [3.8, 4) is 6.07 Å². The topological polar surface area (TPSA) is 52.9 Å². The molecule has 0 saturated heterocycles. The van der Waals surface area contributed by atoms with Crippen LogP contribution in [0.25, 0.3) is 0 Å². The largest absolute Gasteiger partial charge is 0.324 e. The van der Waals surface area contributed by atoms with Crippen LogP contribution >= 0.6 is 35.1 Å². The van der Waals surface area contributed by atoms with Gasteiger partial charge >= 0.3 is 0 Å². The van der Waals surface area contributed by atoms with Crippen molar-refractivity contribution in [1.29, 1.82) is 5.26 Å². The first-order valence-electron chi connectivity index (χ1n) is 7.42. The van der Waals surface area contributed by atoms with Crippen molar-refractivity contribution < 1.29 is 4.79 Å². The summed E-state index contributed by atoms with van der Waals surface area (Å²) in [7, 11) is 0. The van der Waals surface area contributed by atoms with Crippen LogP contribution in [0.5, 0.6) is 0 Å². The molecule has 2 aromatic carbocycles. The monoisotopic (exact) mass is 376 g/mol. The van der Waals surface area contributed by atoms with Crippen LogP contribution in [0.2, 0.25) is 5.02 Å². The molecule has 0 aliphatic heterocycles. The van der Waals surface area contributed by atoms with E-state index in [1.54, 1.807) is 11.8 Å². The predicted octanol–water partition coefficient (Wildman–Crippen LogP) is 5.47. The molecule has 0 fully saturated rings. The van der Waals surface area contributed by atoms with Gasteiger partial charge in [0.1, 0.15) is 0 Å². The standard InChI is InChI=1S/C18H17ClN2OS2/c1-13(24-15-9-7-14(19)8-10-15)18(22)21-16-5-2-3-6-17(16)23-12-4-11-20/h2-3,5-10,13H,4,12H2,1H3,(H,21,22). The Balaban J connectivity index is 1.98. The number of para-hydroxylation sites is 1.